The number of alkyl halides is 1. The average Bonchev–Trinajstić information content (AvgIpc) is 2.61. The third-order valence-electron chi connectivity index (χ3n) is 1.78. The summed E-state index contributed by atoms with van der Waals surface area (Å²) in [6.45, 7) is 4.50. The normalized spacial score (nSPS) is 10.9. The van der Waals surface area contributed by atoms with Crippen molar-refractivity contribution in [2.75, 3.05) is 18.1 Å². The molecule has 0 saturated carbocycles. The van der Waals surface area contributed by atoms with E-state index in [2.05, 4.69) is 10.2 Å². The summed E-state index contributed by atoms with van der Waals surface area (Å²) in [6, 6.07) is 0.607. The Bertz CT molecular complexity index is 277. The van der Waals surface area contributed by atoms with Crippen molar-refractivity contribution in [3.63, 3.8) is 0 Å². The second-order valence-electron chi connectivity index (χ2n) is 3.12. The Morgan fingerprint density at radius 3 is 2.64 bits per heavy atom. The number of nitrogens with zero attached hydrogens (tertiary/aromatic N) is 3. The molecule has 0 saturated heterocycles. The maximum Gasteiger partial charge on any atom is 0.318 e. The Balaban J connectivity index is 2.76. The van der Waals surface area contributed by atoms with Gasteiger partial charge in [0.15, 0.2) is 0 Å². The van der Waals surface area contributed by atoms with Crippen molar-refractivity contribution >= 4 is 17.6 Å². The number of aliphatic hydroxyl groups excluding tert-OH is 1. The molecule has 0 atom stereocenters. The summed E-state index contributed by atoms with van der Waals surface area (Å²) in [5.74, 6) is 0.600. The molecule has 0 fully saturated rings. The summed E-state index contributed by atoms with van der Waals surface area (Å²) < 4.78 is 5.27. The van der Waals surface area contributed by atoms with Crippen LogP contribution in [-0.4, -0.2) is 34.5 Å². The summed E-state index contributed by atoms with van der Waals surface area (Å²) in [4.78, 5) is 1.82. The number of hydrogen-bond acceptors (Lipinski definition) is 5. The van der Waals surface area contributed by atoms with Crippen molar-refractivity contribution < 1.29 is 9.52 Å². The Hall–Kier alpha value is -0.810. The van der Waals surface area contributed by atoms with E-state index in [0.29, 0.717) is 18.5 Å². The topological polar surface area (TPSA) is 62.4 Å². The molecule has 0 bridgehead atoms. The van der Waals surface area contributed by atoms with Crippen LogP contribution in [0.3, 0.4) is 0 Å². The van der Waals surface area contributed by atoms with E-state index in [1.54, 1.807) is 0 Å². The maximum atomic E-state index is 8.85. The second-order valence-corrected chi connectivity index (χ2v) is 3.39. The van der Waals surface area contributed by atoms with Crippen LogP contribution in [0.15, 0.2) is 4.42 Å². The highest BCUT2D eigenvalue weighted by molar-refractivity contribution is 6.16. The molecule has 80 valence electrons. The first-order chi connectivity index (χ1) is 6.69. The molecule has 6 heteroatoms. The molecule has 1 N–H and O–H groups in total. The number of aliphatic hydroxyl groups is 1. The lowest BCUT2D eigenvalue weighted by Crippen LogP contribution is -2.33. The van der Waals surface area contributed by atoms with Crippen molar-refractivity contribution in [2.24, 2.45) is 0 Å². The zero-order valence-corrected chi connectivity index (χ0v) is 9.03. The van der Waals surface area contributed by atoms with Gasteiger partial charge in [0.1, 0.15) is 5.88 Å². The van der Waals surface area contributed by atoms with Gasteiger partial charge in [0.25, 0.3) is 0 Å². The lowest BCUT2D eigenvalue weighted by molar-refractivity contribution is 0.294. The Morgan fingerprint density at radius 1 is 1.50 bits per heavy atom. The maximum absolute atomic E-state index is 8.85. The minimum atomic E-state index is 0.0523. The van der Waals surface area contributed by atoms with Crippen LogP contribution in [0.25, 0.3) is 0 Å². The summed E-state index contributed by atoms with van der Waals surface area (Å²) in [5, 5.41) is 16.4. The first-order valence-corrected chi connectivity index (χ1v) is 4.98. The predicted molar refractivity (Wildman–Crippen MR) is 53.4 cm³/mol. The minimum Gasteiger partial charge on any atom is -0.407 e. The van der Waals surface area contributed by atoms with Crippen molar-refractivity contribution in [2.45, 2.75) is 25.8 Å². The fraction of sp³-hybridized carbons (Fsp3) is 0.750. The Morgan fingerprint density at radius 2 is 2.21 bits per heavy atom. The van der Waals surface area contributed by atoms with E-state index in [9.17, 15) is 0 Å². The van der Waals surface area contributed by atoms with Crippen LogP contribution in [0.2, 0.25) is 0 Å². The molecule has 14 heavy (non-hydrogen) atoms. The molecule has 0 radical (unpaired) electrons. The summed E-state index contributed by atoms with van der Waals surface area (Å²) in [7, 11) is 0. The van der Waals surface area contributed by atoms with Gasteiger partial charge < -0.3 is 14.4 Å². The first kappa shape index (κ1) is 11.3. The molecule has 5 nitrogen and oxygen atoms in total. The van der Waals surface area contributed by atoms with Crippen LogP contribution in [0.5, 0.6) is 0 Å². The fourth-order valence-electron chi connectivity index (χ4n) is 1.10. The van der Waals surface area contributed by atoms with Gasteiger partial charge in [-0.2, -0.15) is 0 Å². The van der Waals surface area contributed by atoms with Crippen molar-refractivity contribution in [1.82, 2.24) is 10.2 Å². The Labute approximate surface area is 87.7 Å². The van der Waals surface area contributed by atoms with Gasteiger partial charge in [-0.05, 0) is 13.8 Å². The summed E-state index contributed by atoms with van der Waals surface area (Å²) >= 11 is 5.54. The van der Waals surface area contributed by atoms with Gasteiger partial charge in [0.05, 0.1) is 6.61 Å². The molecular formula is C8H14ClN3O2. The molecule has 0 amide bonds. The number of anilines is 1. The van der Waals surface area contributed by atoms with E-state index in [0.717, 1.165) is 0 Å². The third kappa shape index (κ3) is 2.59. The van der Waals surface area contributed by atoms with E-state index >= 15 is 0 Å². The van der Waals surface area contributed by atoms with Crippen molar-refractivity contribution in [3.05, 3.63) is 5.89 Å². The molecular weight excluding hydrogens is 206 g/mol. The molecule has 0 aliphatic rings. The SMILES string of the molecule is CC(C)N(CCO)c1nnc(CCl)o1. The molecule has 0 aliphatic heterocycles. The molecule has 0 aromatic carbocycles. The average molecular weight is 220 g/mol. The molecule has 0 spiro atoms. The molecule has 1 rings (SSSR count). The van der Waals surface area contributed by atoms with Gasteiger partial charge in [-0.1, -0.05) is 5.10 Å². The largest absolute Gasteiger partial charge is 0.407 e. The smallest absolute Gasteiger partial charge is 0.318 e. The number of rotatable bonds is 5. The van der Waals surface area contributed by atoms with Crippen LogP contribution in [0.4, 0.5) is 6.01 Å². The molecule has 1 heterocycles. The first-order valence-electron chi connectivity index (χ1n) is 4.45. The van der Waals surface area contributed by atoms with Gasteiger partial charge in [-0.15, -0.1) is 16.7 Å². The van der Waals surface area contributed by atoms with E-state index < -0.39 is 0 Å². The third-order valence-corrected chi connectivity index (χ3v) is 2.01. The molecule has 1 aromatic rings. The number of aromatic nitrogens is 2. The lowest BCUT2D eigenvalue weighted by Gasteiger charge is -2.22. The fourth-order valence-corrected chi connectivity index (χ4v) is 1.21. The number of hydrogen-bond donors (Lipinski definition) is 1. The molecule has 0 aliphatic carbocycles. The second kappa shape index (κ2) is 5.17. The highest BCUT2D eigenvalue weighted by Crippen LogP contribution is 2.15. The molecule has 0 unspecified atom stereocenters. The minimum absolute atomic E-state index is 0.0523. The van der Waals surface area contributed by atoms with E-state index in [-0.39, 0.29) is 18.5 Å². The molecule has 1 aromatic heterocycles. The standard InChI is InChI=1S/C8H14ClN3O2/c1-6(2)12(3-4-13)8-11-10-7(5-9)14-8/h6,13H,3-5H2,1-2H3. The zero-order valence-electron chi connectivity index (χ0n) is 8.27. The van der Waals surface area contributed by atoms with Gasteiger partial charge >= 0.3 is 6.01 Å². The van der Waals surface area contributed by atoms with Crippen molar-refractivity contribution in [1.29, 1.82) is 0 Å². The Kier molecular flexibility index (Phi) is 4.16. The summed E-state index contributed by atoms with van der Waals surface area (Å²) in [6.07, 6.45) is 0. The van der Waals surface area contributed by atoms with Crippen LogP contribution >= 0.6 is 11.6 Å². The highest BCUT2D eigenvalue weighted by Gasteiger charge is 2.16. The van der Waals surface area contributed by atoms with Crippen LogP contribution < -0.4 is 4.90 Å². The predicted octanol–water partition coefficient (Wildman–Crippen LogP) is 1.02. The zero-order chi connectivity index (χ0) is 10.6. The lowest BCUT2D eigenvalue weighted by atomic mass is 10.3. The summed E-state index contributed by atoms with van der Waals surface area (Å²) in [5.41, 5.74) is 0. The van der Waals surface area contributed by atoms with Crippen LogP contribution in [0.1, 0.15) is 19.7 Å². The van der Waals surface area contributed by atoms with Crippen molar-refractivity contribution in [3.8, 4) is 0 Å². The van der Waals surface area contributed by atoms with Gasteiger partial charge in [-0.25, -0.2) is 0 Å². The van der Waals surface area contributed by atoms with Crippen LogP contribution in [0, 0.1) is 0 Å². The quantitative estimate of drug-likeness (QED) is 0.750. The van der Waals surface area contributed by atoms with E-state index in [1.807, 2.05) is 18.7 Å². The van der Waals surface area contributed by atoms with Gasteiger partial charge in [0, 0.05) is 12.6 Å². The van der Waals surface area contributed by atoms with E-state index in [4.69, 9.17) is 21.1 Å². The highest BCUT2D eigenvalue weighted by atomic mass is 35.5. The van der Waals surface area contributed by atoms with Crippen LogP contribution in [-0.2, 0) is 5.88 Å². The van der Waals surface area contributed by atoms with E-state index in [1.165, 1.54) is 0 Å². The number of halogens is 1. The monoisotopic (exact) mass is 219 g/mol. The van der Waals surface area contributed by atoms with Gasteiger partial charge in [0.2, 0.25) is 5.89 Å². The van der Waals surface area contributed by atoms with Gasteiger partial charge in [-0.3, -0.25) is 0 Å².